The van der Waals surface area contributed by atoms with E-state index in [2.05, 4.69) is 9.97 Å². The average Bonchev–Trinajstić information content (AvgIpc) is 2.73. The van der Waals surface area contributed by atoms with E-state index in [9.17, 15) is 4.79 Å². The summed E-state index contributed by atoms with van der Waals surface area (Å²) < 4.78 is 6.94. The van der Waals surface area contributed by atoms with Crippen LogP contribution >= 0.6 is 0 Å². The fraction of sp³-hybridized carbons (Fsp3) is 0.182. The highest BCUT2D eigenvalue weighted by atomic mass is 16.5. The molecule has 0 saturated carbocycles. The van der Waals surface area contributed by atoms with E-state index in [1.165, 1.54) is 17.0 Å². The molecule has 0 aromatic carbocycles. The van der Waals surface area contributed by atoms with Gasteiger partial charge in [-0.3, -0.25) is 9.55 Å². The summed E-state index contributed by atoms with van der Waals surface area (Å²) >= 11 is 0. The Morgan fingerprint density at radius 3 is 2.94 bits per heavy atom. The Balaban J connectivity index is 2.31. The summed E-state index contributed by atoms with van der Waals surface area (Å²) in [6.07, 6.45) is 4.44. The van der Waals surface area contributed by atoms with Crippen LogP contribution < -0.4 is 4.74 Å². The lowest BCUT2D eigenvalue weighted by atomic mass is 10.4. The molecule has 0 spiro atoms. The Bertz CT molecular complexity index is 522. The monoisotopic (exact) mass is 233 g/mol. The minimum atomic E-state index is -1.03. The van der Waals surface area contributed by atoms with Crippen LogP contribution in [0.15, 0.2) is 30.7 Å². The van der Waals surface area contributed by atoms with E-state index < -0.39 is 5.97 Å². The zero-order valence-corrected chi connectivity index (χ0v) is 9.20. The highest BCUT2D eigenvalue weighted by molar-refractivity contribution is 5.85. The first-order valence-corrected chi connectivity index (χ1v) is 5.09. The van der Waals surface area contributed by atoms with E-state index in [4.69, 9.17) is 9.84 Å². The molecule has 0 aliphatic carbocycles. The highest BCUT2D eigenvalue weighted by Gasteiger charge is 2.15. The van der Waals surface area contributed by atoms with Crippen LogP contribution in [0.1, 0.15) is 17.4 Å². The molecule has 2 heterocycles. The molecular weight excluding hydrogens is 222 g/mol. The van der Waals surface area contributed by atoms with Crippen molar-refractivity contribution in [1.29, 1.82) is 0 Å². The molecule has 0 unspecified atom stereocenters. The van der Waals surface area contributed by atoms with Crippen molar-refractivity contribution in [2.75, 3.05) is 0 Å². The molecule has 0 aliphatic heterocycles. The molecule has 0 fully saturated rings. The average molecular weight is 233 g/mol. The fourth-order valence-electron chi connectivity index (χ4n) is 1.43. The molecule has 88 valence electrons. The van der Waals surface area contributed by atoms with Gasteiger partial charge in [0.2, 0.25) is 0 Å². The van der Waals surface area contributed by atoms with Crippen molar-refractivity contribution in [3.63, 3.8) is 0 Å². The maximum Gasteiger partial charge on any atom is 0.354 e. The Morgan fingerprint density at radius 1 is 1.53 bits per heavy atom. The van der Waals surface area contributed by atoms with Gasteiger partial charge in [-0.25, -0.2) is 9.78 Å². The Labute approximate surface area is 97.5 Å². The van der Waals surface area contributed by atoms with Gasteiger partial charge in [-0.2, -0.15) is 0 Å². The zero-order chi connectivity index (χ0) is 12.3. The number of imidazole rings is 1. The topological polar surface area (TPSA) is 77.2 Å². The summed E-state index contributed by atoms with van der Waals surface area (Å²) in [7, 11) is 0. The van der Waals surface area contributed by atoms with Gasteiger partial charge < -0.3 is 9.84 Å². The van der Waals surface area contributed by atoms with Gasteiger partial charge in [0, 0.05) is 12.7 Å². The summed E-state index contributed by atoms with van der Waals surface area (Å²) in [5, 5.41) is 8.95. The van der Waals surface area contributed by atoms with Gasteiger partial charge in [0.15, 0.2) is 0 Å². The van der Waals surface area contributed by atoms with Crippen molar-refractivity contribution >= 4 is 5.97 Å². The summed E-state index contributed by atoms with van der Waals surface area (Å²) in [5.74, 6) is -0.509. The largest absolute Gasteiger partial charge is 0.477 e. The van der Waals surface area contributed by atoms with E-state index >= 15 is 0 Å². The molecular formula is C11H11N3O3. The van der Waals surface area contributed by atoms with Gasteiger partial charge in [-0.15, -0.1) is 0 Å². The molecule has 6 nitrogen and oxygen atoms in total. The van der Waals surface area contributed by atoms with Crippen LogP contribution in [0, 0.1) is 0 Å². The number of nitrogens with zero attached hydrogens (tertiary/aromatic N) is 3. The van der Waals surface area contributed by atoms with Gasteiger partial charge in [-0.05, 0) is 19.1 Å². The van der Waals surface area contributed by atoms with Crippen molar-refractivity contribution in [3.8, 4) is 11.8 Å². The van der Waals surface area contributed by atoms with Gasteiger partial charge in [0.1, 0.15) is 11.4 Å². The summed E-state index contributed by atoms with van der Waals surface area (Å²) in [4.78, 5) is 18.8. The third-order valence-electron chi connectivity index (χ3n) is 2.20. The van der Waals surface area contributed by atoms with Crippen molar-refractivity contribution in [2.45, 2.75) is 13.5 Å². The van der Waals surface area contributed by atoms with E-state index in [0.29, 0.717) is 12.3 Å². The van der Waals surface area contributed by atoms with Crippen LogP contribution in [-0.2, 0) is 6.54 Å². The molecule has 0 saturated heterocycles. The van der Waals surface area contributed by atoms with Crippen LogP contribution in [0.4, 0.5) is 0 Å². The molecule has 0 radical (unpaired) electrons. The molecule has 1 N–H and O–H groups in total. The van der Waals surface area contributed by atoms with Gasteiger partial charge >= 0.3 is 12.0 Å². The van der Waals surface area contributed by atoms with E-state index in [0.717, 1.165) is 0 Å². The van der Waals surface area contributed by atoms with Crippen LogP contribution in [0.5, 0.6) is 11.8 Å². The predicted molar refractivity (Wildman–Crippen MR) is 59.2 cm³/mol. The van der Waals surface area contributed by atoms with Crippen molar-refractivity contribution in [3.05, 3.63) is 36.4 Å². The molecule has 6 heteroatoms. The number of aromatic carboxylic acids is 1. The first-order chi connectivity index (χ1) is 8.22. The molecule has 0 atom stereocenters. The van der Waals surface area contributed by atoms with Crippen LogP contribution in [0.25, 0.3) is 0 Å². The minimum absolute atomic E-state index is 0.103. The lowest BCUT2D eigenvalue weighted by molar-refractivity contribution is 0.0684. The number of carboxylic acid groups (broad SMARTS) is 1. The summed E-state index contributed by atoms with van der Waals surface area (Å²) in [6, 6.07) is 3.70. The number of hydrogen-bond acceptors (Lipinski definition) is 4. The van der Waals surface area contributed by atoms with E-state index in [-0.39, 0.29) is 11.7 Å². The number of carbonyl (C=O) groups is 1. The molecule has 2 aromatic heterocycles. The quantitative estimate of drug-likeness (QED) is 0.871. The minimum Gasteiger partial charge on any atom is -0.477 e. The smallest absolute Gasteiger partial charge is 0.354 e. The van der Waals surface area contributed by atoms with Crippen molar-refractivity contribution in [1.82, 2.24) is 14.5 Å². The Hall–Kier alpha value is -2.37. The normalized spacial score (nSPS) is 10.2. The highest BCUT2D eigenvalue weighted by Crippen LogP contribution is 2.20. The molecule has 17 heavy (non-hydrogen) atoms. The first-order valence-electron chi connectivity index (χ1n) is 5.09. The molecule has 0 aliphatic rings. The maximum absolute atomic E-state index is 10.9. The van der Waals surface area contributed by atoms with Crippen LogP contribution in [0.2, 0.25) is 0 Å². The van der Waals surface area contributed by atoms with Gasteiger partial charge in [0.25, 0.3) is 0 Å². The second-order valence-corrected chi connectivity index (χ2v) is 3.27. The lowest BCUT2D eigenvalue weighted by Gasteiger charge is -2.07. The number of aromatic nitrogens is 3. The second-order valence-electron chi connectivity index (χ2n) is 3.27. The zero-order valence-electron chi connectivity index (χ0n) is 9.20. The standard InChI is InChI=1S/C11H11N3O3/c1-2-14-9(10(15)16)7-13-11(14)17-8-4-3-5-12-6-8/h3-7H,2H2,1H3,(H,15,16). The number of pyridine rings is 1. The molecule has 2 aromatic rings. The van der Waals surface area contributed by atoms with E-state index in [1.807, 2.05) is 6.92 Å². The van der Waals surface area contributed by atoms with E-state index in [1.54, 1.807) is 18.3 Å². The number of rotatable bonds is 4. The lowest BCUT2D eigenvalue weighted by Crippen LogP contribution is -2.08. The first kappa shape index (κ1) is 11.1. The number of ether oxygens (including phenoxy) is 1. The Morgan fingerprint density at radius 2 is 2.35 bits per heavy atom. The van der Waals surface area contributed by atoms with Crippen molar-refractivity contribution < 1.29 is 14.6 Å². The summed E-state index contributed by atoms with van der Waals surface area (Å²) in [5.41, 5.74) is 0.103. The number of hydrogen-bond donors (Lipinski definition) is 1. The fourth-order valence-corrected chi connectivity index (χ4v) is 1.43. The SMILES string of the molecule is CCn1c(C(=O)O)cnc1Oc1cccnc1. The second kappa shape index (κ2) is 4.65. The molecule has 0 amide bonds. The van der Waals surface area contributed by atoms with Crippen LogP contribution in [-0.4, -0.2) is 25.6 Å². The summed E-state index contributed by atoms with van der Waals surface area (Å²) in [6.45, 7) is 2.29. The molecule has 0 bridgehead atoms. The van der Waals surface area contributed by atoms with Crippen molar-refractivity contribution in [2.24, 2.45) is 0 Å². The predicted octanol–water partition coefficient (Wildman–Crippen LogP) is 1.79. The Kier molecular flexibility index (Phi) is 3.04. The maximum atomic E-state index is 10.9. The van der Waals surface area contributed by atoms with Crippen LogP contribution in [0.3, 0.4) is 0 Å². The molecule has 2 rings (SSSR count). The third kappa shape index (κ3) is 2.25. The number of carboxylic acids is 1. The van der Waals surface area contributed by atoms with Gasteiger partial charge in [0.05, 0.1) is 12.4 Å². The third-order valence-corrected chi connectivity index (χ3v) is 2.20. The van der Waals surface area contributed by atoms with Gasteiger partial charge in [-0.1, -0.05) is 0 Å².